The van der Waals surface area contributed by atoms with Crippen molar-refractivity contribution in [3.8, 4) is 0 Å². The number of ether oxygens (including phenoxy) is 1. The van der Waals surface area contributed by atoms with E-state index in [1.807, 2.05) is 0 Å². The van der Waals surface area contributed by atoms with E-state index < -0.39 is 28.3 Å². The molecule has 0 aliphatic heterocycles. The maximum absolute atomic E-state index is 12.6. The molecule has 0 heterocycles. The number of hydrogen-bond acceptors (Lipinski definition) is 4. The minimum Gasteiger partial charge on any atom is -0.466 e. The first-order chi connectivity index (χ1) is 9.75. The van der Waals surface area contributed by atoms with E-state index in [1.54, 1.807) is 6.92 Å². The Bertz CT molecular complexity index is 567. The van der Waals surface area contributed by atoms with Crippen molar-refractivity contribution in [3.05, 3.63) is 45.5 Å². The first kappa shape index (κ1) is 16.7. The van der Waals surface area contributed by atoms with Gasteiger partial charge in [0, 0.05) is 6.07 Å². The molecule has 1 aromatic carbocycles. The highest BCUT2D eigenvalue weighted by atomic mass is 19.4. The second-order valence-corrected chi connectivity index (χ2v) is 3.94. The molecule has 8 heteroatoms. The molecule has 0 aromatic heterocycles. The fraction of sp³-hybridized carbons (Fsp3) is 0.308. The van der Waals surface area contributed by atoms with Crippen molar-refractivity contribution in [3.63, 3.8) is 0 Å². The number of alkyl halides is 3. The van der Waals surface area contributed by atoms with Gasteiger partial charge in [-0.05, 0) is 18.6 Å². The molecule has 0 fully saturated rings. The van der Waals surface area contributed by atoms with E-state index in [9.17, 15) is 28.1 Å². The summed E-state index contributed by atoms with van der Waals surface area (Å²) in [5.41, 5.74) is -2.14. The summed E-state index contributed by atoms with van der Waals surface area (Å²) in [5, 5.41) is 10.7. The predicted octanol–water partition coefficient (Wildman–Crippen LogP) is 3.58. The molecule has 0 spiro atoms. The van der Waals surface area contributed by atoms with Crippen molar-refractivity contribution in [2.75, 3.05) is 6.61 Å². The van der Waals surface area contributed by atoms with Gasteiger partial charge in [-0.2, -0.15) is 13.2 Å². The maximum Gasteiger partial charge on any atom is 0.422 e. The number of carbonyl (C=O) groups is 1. The molecule has 0 aliphatic rings. The highest BCUT2D eigenvalue weighted by Gasteiger charge is 2.38. The first-order valence-electron chi connectivity index (χ1n) is 5.93. The van der Waals surface area contributed by atoms with E-state index >= 15 is 0 Å². The third-order valence-electron chi connectivity index (χ3n) is 2.42. The van der Waals surface area contributed by atoms with Crippen molar-refractivity contribution in [1.29, 1.82) is 0 Å². The van der Waals surface area contributed by atoms with Gasteiger partial charge in [0.1, 0.15) is 5.56 Å². The van der Waals surface area contributed by atoms with Crippen molar-refractivity contribution in [2.24, 2.45) is 0 Å². The van der Waals surface area contributed by atoms with Crippen LogP contribution in [0.5, 0.6) is 0 Å². The van der Waals surface area contributed by atoms with Gasteiger partial charge in [0.25, 0.3) is 5.69 Å². The van der Waals surface area contributed by atoms with Gasteiger partial charge in [-0.3, -0.25) is 14.9 Å². The van der Waals surface area contributed by atoms with Crippen LogP contribution in [0.4, 0.5) is 18.9 Å². The number of carbonyl (C=O) groups excluding carboxylic acids is 1. The van der Waals surface area contributed by atoms with Gasteiger partial charge in [-0.1, -0.05) is 18.2 Å². The first-order valence-corrected chi connectivity index (χ1v) is 5.93. The Hall–Kier alpha value is -2.38. The van der Waals surface area contributed by atoms with E-state index in [0.717, 1.165) is 12.1 Å². The monoisotopic (exact) mass is 303 g/mol. The standard InChI is InChI=1S/C13H12F3NO4/c1-2-21-12(18)5-3-4-9-6-7-10(13(14,15)16)11(8-9)17(19)20/h3-4,6-8H,2,5H2,1H3. The molecular formula is C13H12F3NO4. The third-order valence-corrected chi connectivity index (χ3v) is 2.42. The summed E-state index contributed by atoms with van der Waals surface area (Å²) in [6.07, 6.45) is -2.17. The molecule has 0 radical (unpaired) electrons. The number of hydrogen-bond donors (Lipinski definition) is 0. The molecular weight excluding hydrogens is 291 g/mol. The lowest BCUT2D eigenvalue weighted by molar-refractivity contribution is -0.388. The van der Waals surface area contributed by atoms with Crippen molar-refractivity contribution in [1.82, 2.24) is 0 Å². The predicted molar refractivity (Wildman–Crippen MR) is 68.4 cm³/mol. The molecule has 0 unspecified atom stereocenters. The number of nitro groups is 1. The normalized spacial score (nSPS) is 11.6. The van der Waals surface area contributed by atoms with Gasteiger partial charge >= 0.3 is 12.1 Å². The molecule has 0 aliphatic carbocycles. The van der Waals surface area contributed by atoms with Crippen LogP contribution in [0.1, 0.15) is 24.5 Å². The van der Waals surface area contributed by atoms with E-state index in [0.29, 0.717) is 6.07 Å². The van der Waals surface area contributed by atoms with Crippen LogP contribution in [0.25, 0.3) is 6.08 Å². The number of nitrogens with zero attached hydrogens (tertiary/aromatic N) is 1. The van der Waals surface area contributed by atoms with Crippen LogP contribution < -0.4 is 0 Å². The van der Waals surface area contributed by atoms with E-state index in [1.165, 1.54) is 12.2 Å². The third kappa shape index (κ3) is 4.90. The summed E-state index contributed by atoms with van der Waals surface area (Å²) in [4.78, 5) is 20.7. The Labute approximate surface area is 118 Å². The number of halogens is 3. The van der Waals surface area contributed by atoms with Crippen LogP contribution in [0.15, 0.2) is 24.3 Å². The van der Waals surface area contributed by atoms with Gasteiger partial charge in [-0.25, -0.2) is 0 Å². The topological polar surface area (TPSA) is 69.4 Å². The molecule has 1 aromatic rings. The zero-order valence-electron chi connectivity index (χ0n) is 11.0. The summed E-state index contributed by atoms with van der Waals surface area (Å²) in [5.74, 6) is -0.491. The molecule has 5 nitrogen and oxygen atoms in total. The minimum absolute atomic E-state index is 0.0668. The van der Waals surface area contributed by atoms with E-state index in [4.69, 9.17) is 0 Å². The average Bonchev–Trinajstić information content (AvgIpc) is 2.37. The van der Waals surface area contributed by atoms with Gasteiger partial charge in [0.2, 0.25) is 0 Å². The lowest BCUT2D eigenvalue weighted by Crippen LogP contribution is -2.08. The summed E-state index contributed by atoms with van der Waals surface area (Å²) < 4.78 is 42.5. The highest BCUT2D eigenvalue weighted by Crippen LogP contribution is 2.36. The van der Waals surface area contributed by atoms with E-state index in [2.05, 4.69) is 4.74 Å². The SMILES string of the molecule is CCOC(=O)CC=Cc1ccc(C(F)(F)F)c([N+](=O)[O-])c1. The van der Waals surface area contributed by atoms with Gasteiger partial charge in [0.15, 0.2) is 0 Å². The largest absolute Gasteiger partial charge is 0.466 e. The molecule has 1 rings (SSSR count). The molecule has 0 amide bonds. The van der Waals surface area contributed by atoms with Crippen molar-refractivity contribution in [2.45, 2.75) is 19.5 Å². The Kier molecular flexibility index (Phi) is 5.45. The number of nitro benzene ring substituents is 1. The Balaban J connectivity index is 2.97. The van der Waals surface area contributed by atoms with Crippen LogP contribution in [-0.2, 0) is 15.7 Å². The minimum atomic E-state index is -4.80. The van der Waals surface area contributed by atoms with Crippen molar-refractivity contribution >= 4 is 17.7 Å². The van der Waals surface area contributed by atoms with Crippen LogP contribution >= 0.6 is 0 Å². The fourth-order valence-electron chi connectivity index (χ4n) is 1.55. The van der Waals surface area contributed by atoms with Gasteiger partial charge in [-0.15, -0.1) is 0 Å². The smallest absolute Gasteiger partial charge is 0.422 e. The fourth-order valence-corrected chi connectivity index (χ4v) is 1.55. The average molecular weight is 303 g/mol. The molecule has 0 saturated heterocycles. The van der Waals surface area contributed by atoms with Crippen LogP contribution in [0, 0.1) is 10.1 Å². The number of esters is 1. The summed E-state index contributed by atoms with van der Waals surface area (Å²) >= 11 is 0. The zero-order valence-corrected chi connectivity index (χ0v) is 11.0. The lowest BCUT2D eigenvalue weighted by atomic mass is 10.1. The van der Waals surface area contributed by atoms with Crippen LogP contribution in [0.3, 0.4) is 0 Å². The number of rotatable bonds is 5. The van der Waals surface area contributed by atoms with Gasteiger partial charge < -0.3 is 4.74 Å². The molecule has 114 valence electrons. The maximum atomic E-state index is 12.6. The Morgan fingerprint density at radius 1 is 1.43 bits per heavy atom. The summed E-state index contributed by atoms with van der Waals surface area (Å²) in [6.45, 7) is 1.86. The van der Waals surface area contributed by atoms with Gasteiger partial charge in [0.05, 0.1) is 18.0 Å². The Morgan fingerprint density at radius 2 is 2.10 bits per heavy atom. The van der Waals surface area contributed by atoms with E-state index in [-0.39, 0.29) is 18.6 Å². The highest BCUT2D eigenvalue weighted by molar-refractivity contribution is 5.72. The molecule has 0 atom stereocenters. The Morgan fingerprint density at radius 3 is 2.62 bits per heavy atom. The quantitative estimate of drug-likeness (QED) is 0.473. The molecule has 0 N–H and O–H groups in total. The van der Waals surface area contributed by atoms with Crippen LogP contribution in [-0.4, -0.2) is 17.5 Å². The summed E-state index contributed by atoms with van der Waals surface area (Å²) in [6, 6.07) is 2.55. The summed E-state index contributed by atoms with van der Waals surface area (Å²) in [7, 11) is 0. The lowest BCUT2D eigenvalue weighted by Gasteiger charge is -2.07. The second-order valence-electron chi connectivity index (χ2n) is 3.94. The molecule has 0 saturated carbocycles. The van der Waals surface area contributed by atoms with Crippen molar-refractivity contribution < 1.29 is 27.6 Å². The second kappa shape index (κ2) is 6.87. The molecule has 21 heavy (non-hydrogen) atoms. The number of benzene rings is 1. The zero-order chi connectivity index (χ0) is 16.0. The van der Waals surface area contributed by atoms with Crippen LogP contribution in [0.2, 0.25) is 0 Å². The molecule has 0 bridgehead atoms.